The molecule has 7 nitrogen and oxygen atoms in total. The zero-order valence-corrected chi connectivity index (χ0v) is 20.0. The van der Waals surface area contributed by atoms with E-state index in [2.05, 4.69) is 51.3 Å². The van der Waals surface area contributed by atoms with Gasteiger partial charge in [-0.05, 0) is 50.8 Å². The number of rotatable bonds is 5. The first-order valence-corrected chi connectivity index (χ1v) is 12.5. The van der Waals surface area contributed by atoms with Crippen LogP contribution in [-0.2, 0) is 24.2 Å². The van der Waals surface area contributed by atoms with Crippen LogP contribution < -0.4 is 10.2 Å². The number of aryl methyl sites for hydroxylation is 1. The summed E-state index contributed by atoms with van der Waals surface area (Å²) in [6.45, 7) is 5.31. The predicted octanol–water partition coefficient (Wildman–Crippen LogP) is 3.06. The molecule has 1 saturated heterocycles. The summed E-state index contributed by atoms with van der Waals surface area (Å²) in [6, 6.07) is 8.63. The Morgan fingerprint density at radius 1 is 1.12 bits per heavy atom. The third kappa shape index (κ3) is 4.69. The highest BCUT2D eigenvalue weighted by Crippen LogP contribution is 2.30. The van der Waals surface area contributed by atoms with Crippen LogP contribution in [-0.4, -0.2) is 72.5 Å². The van der Waals surface area contributed by atoms with Gasteiger partial charge >= 0.3 is 0 Å². The molecule has 1 aromatic carbocycles. The van der Waals surface area contributed by atoms with E-state index in [0.29, 0.717) is 6.42 Å². The first-order chi connectivity index (χ1) is 16.1. The summed E-state index contributed by atoms with van der Waals surface area (Å²) < 4.78 is 0. The topological polar surface area (TPSA) is 64.6 Å². The van der Waals surface area contributed by atoms with E-state index in [9.17, 15) is 4.79 Å². The summed E-state index contributed by atoms with van der Waals surface area (Å²) in [5.41, 5.74) is 5.11. The van der Waals surface area contributed by atoms with Crippen molar-refractivity contribution in [3.05, 3.63) is 46.9 Å². The summed E-state index contributed by atoms with van der Waals surface area (Å²) in [6.07, 6.45) is 5.91. The third-order valence-electron chi connectivity index (χ3n) is 7.45. The van der Waals surface area contributed by atoms with Gasteiger partial charge in [0.15, 0.2) is 0 Å². The quantitative estimate of drug-likeness (QED) is 0.759. The molecule has 1 fully saturated rings. The van der Waals surface area contributed by atoms with Crippen molar-refractivity contribution in [2.75, 3.05) is 57.0 Å². The lowest BCUT2D eigenvalue weighted by molar-refractivity contribution is -0.132. The Balaban J connectivity index is 1.25. The highest BCUT2D eigenvalue weighted by atomic mass is 16.2. The molecule has 0 bridgehead atoms. The monoisotopic (exact) mass is 448 g/mol. The number of carbonyl (C=O) groups excluding carboxylic acids is 1. The molecule has 3 aliphatic rings. The molecule has 0 saturated carbocycles. The molecule has 176 valence electrons. The number of likely N-dealkylation sites (N-methyl/N-ethyl adjacent to an activating group) is 1. The molecule has 0 radical (unpaired) electrons. The van der Waals surface area contributed by atoms with Gasteiger partial charge in [-0.3, -0.25) is 4.79 Å². The predicted molar refractivity (Wildman–Crippen MR) is 132 cm³/mol. The van der Waals surface area contributed by atoms with Crippen LogP contribution in [0.15, 0.2) is 24.3 Å². The van der Waals surface area contributed by atoms with Crippen molar-refractivity contribution >= 4 is 17.4 Å². The minimum atomic E-state index is 0.211. The van der Waals surface area contributed by atoms with Gasteiger partial charge in [-0.1, -0.05) is 18.2 Å². The van der Waals surface area contributed by atoms with E-state index in [0.717, 1.165) is 88.7 Å². The van der Waals surface area contributed by atoms with Crippen molar-refractivity contribution in [1.29, 1.82) is 0 Å². The first kappa shape index (κ1) is 22.1. The van der Waals surface area contributed by atoms with Crippen LogP contribution in [0, 0.1) is 0 Å². The van der Waals surface area contributed by atoms with Crippen molar-refractivity contribution in [3.63, 3.8) is 0 Å². The van der Waals surface area contributed by atoms with Crippen molar-refractivity contribution in [3.8, 4) is 0 Å². The zero-order chi connectivity index (χ0) is 22.8. The Kier molecular flexibility index (Phi) is 6.49. The molecule has 1 N–H and O–H groups in total. The van der Waals surface area contributed by atoms with E-state index in [1.54, 1.807) is 0 Å². The maximum atomic E-state index is 13.2. The molecule has 0 spiro atoms. The van der Waals surface area contributed by atoms with Crippen molar-refractivity contribution < 1.29 is 4.79 Å². The van der Waals surface area contributed by atoms with Crippen LogP contribution in [0.1, 0.15) is 54.2 Å². The number of amides is 1. The second-order valence-corrected chi connectivity index (χ2v) is 9.74. The van der Waals surface area contributed by atoms with Gasteiger partial charge in [0.25, 0.3) is 0 Å². The van der Waals surface area contributed by atoms with Crippen molar-refractivity contribution in [2.24, 2.45) is 0 Å². The van der Waals surface area contributed by atoms with Crippen LogP contribution >= 0.6 is 0 Å². The van der Waals surface area contributed by atoms with Gasteiger partial charge in [0.2, 0.25) is 5.91 Å². The number of carbonyl (C=O) groups is 1. The first-order valence-electron chi connectivity index (χ1n) is 12.5. The van der Waals surface area contributed by atoms with E-state index in [4.69, 9.17) is 9.97 Å². The fourth-order valence-electron chi connectivity index (χ4n) is 5.62. The molecule has 33 heavy (non-hydrogen) atoms. The van der Waals surface area contributed by atoms with Crippen LogP contribution in [0.5, 0.6) is 0 Å². The molecule has 2 aromatic rings. The van der Waals surface area contributed by atoms with Crippen molar-refractivity contribution in [2.45, 2.75) is 51.0 Å². The zero-order valence-electron chi connectivity index (χ0n) is 20.0. The number of benzene rings is 1. The average Bonchev–Trinajstić information content (AvgIpc) is 2.86. The normalized spacial score (nSPS) is 20.8. The molecular formula is C26H36N6O. The smallest absolute Gasteiger partial charge is 0.224 e. The number of piperidine rings is 1. The lowest BCUT2D eigenvalue weighted by Crippen LogP contribution is -2.41. The number of anilines is 2. The Morgan fingerprint density at radius 3 is 2.88 bits per heavy atom. The molecular weight excluding hydrogens is 412 g/mol. The lowest BCUT2D eigenvalue weighted by atomic mass is 9.95. The number of nitrogens with one attached hydrogen (secondary N) is 1. The van der Waals surface area contributed by atoms with E-state index >= 15 is 0 Å². The average molecular weight is 449 g/mol. The highest BCUT2D eigenvalue weighted by Gasteiger charge is 2.29. The number of nitrogens with zero attached hydrogens (tertiary/aromatic N) is 5. The number of fused-ring (bicyclic) bond motifs is 2. The van der Waals surface area contributed by atoms with E-state index in [1.165, 1.54) is 16.8 Å². The fourth-order valence-corrected chi connectivity index (χ4v) is 5.62. The van der Waals surface area contributed by atoms with E-state index in [-0.39, 0.29) is 11.8 Å². The Bertz CT molecular complexity index is 1010. The second-order valence-electron chi connectivity index (χ2n) is 9.74. The van der Waals surface area contributed by atoms with Gasteiger partial charge in [0.05, 0.1) is 5.69 Å². The molecule has 1 atom stereocenters. The Labute approximate surface area is 197 Å². The van der Waals surface area contributed by atoms with Crippen LogP contribution in [0.3, 0.4) is 0 Å². The van der Waals surface area contributed by atoms with Gasteiger partial charge < -0.3 is 20.0 Å². The maximum absolute atomic E-state index is 13.2. The Morgan fingerprint density at radius 2 is 2.00 bits per heavy atom. The van der Waals surface area contributed by atoms with Gasteiger partial charge in [-0.15, -0.1) is 0 Å². The van der Waals surface area contributed by atoms with Gasteiger partial charge in [0, 0.05) is 69.9 Å². The van der Waals surface area contributed by atoms with Crippen LogP contribution in [0.25, 0.3) is 0 Å². The highest BCUT2D eigenvalue weighted by molar-refractivity contribution is 5.77. The molecule has 3 aliphatic heterocycles. The summed E-state index contributed by atoms with van der Waals surface area (Å²) in [7, 11) is 4.09. The number of likely N-dealkylation sites (tertiary alicyclic amines) is 1. The Hall–Kier alpha value is -2.67. The summed E-state index contributed by atoms with van der Waals surface area (Å²) in [5.74, 6) is 2.34. The van der Waals surface area contributed by atoms with Crippen molar-refractivity contribution in [1.82, 2.24) is 19.8 Å². The van der Waals surface area contributed by atoms with Gasteiger partial charge in [0.1, 0.15) is 11.6 Å². The standard InChI is InChI=1S/C26H36N6O/c1-27-26-21-11-15-30(2)18-22(21)28-25(29-26)20-9-6-14-32(17-20)24(33)12-16-31-13-5-8-19-7-3-4-10-23(19)31/h3-4,7,10,20H,5-6,8-9,11-18H2,1-2H3,(H,27,28,29). The molecule has 1 amide bonds. The molecule has 5 rings (SSSR count). The lowest BCUT2D eigenvalue weighted by Gasteiger charge is -2.35. The fraction of sp³-hybridized carbons (Fsp3) is 0.577. The third-order valence-corrected chi connectivity index (χ3v) is 7.45. The molecule has 7 heteroatoms. The van der Waals surface area contributed by atoms with E-state index in [1.807, 2.05) is 7.05 Å². The summed E-state index contributed by atoms with van der Waals surface area (Å²) in [4.78, 5) is 29.8. The maximum Gasteiger partial charge on any atom is 0.224 e. The van der Waals surface area contributed by atoms with Gasteiger partial charge in [-0.25, -0.2) is 9.97 Å². The number of hydrogen-bond acceptors (Lipinski definition) is 6. The van der Waals surface area contributed by atoms with E-state index < -0.39 is 0 Å². The minimum Gasteiger partial charge on any atom is -0.373 e. The second kappa shape index (κ2) is 9.67. The van der Waals surface area contributed by atoms with Gasteiger partial charge in [-0.2, -0.15) is 0 Å². The van der Waals surface area contributed by atoms with Crippen LogP contribution in [0.4, 0.5) is 11.5 Å². The summed E-state index contributed by atoms with van der Waals surface area (Å²) in [5, 5.41) is 3.29. The number of aromatic nitrogens is 2. The SMILES string of the molecule is CNc1nc(C2CCCN(C(=O)CCN3CCCc4ccccc43)C2)nc2c1CCN(C)C2. The van der Waals surface area contributed by atoms with Crippen LogP contribution in [0.2, 0.25) is 0 Å². The molecule has 1 unspecified atom stereocenters. The number of hydrogen-bond donors (Lipinski definition) is 1. The largest absolute Gasteiger partial charge is 0.373 e. The molecule has 4 heterocycles. The molecule has 1 aromatic heterocycles. The molecule has 0 aliphatic carbocycles. The minimum absolute atomic E-state index is 0.211. The summed E-state index contributed by atoms with van der Waals surface area (Å²) >= 11 is 0. The number of para-hydroxylation sites is 1.